The Morgan fingerprint density at radius 1 is 1.22 bits per heavy atom. The Kier molecular flexibility index (Phi) is 5.02. The predicted octanol–water partition coefficient (Wildman–Crippen LogP) is 2.54. The minimum atomic E-state index is -0.428. The average molecular weight is 256 g/mol. The highest BCUT2D eigenvalue weighted by Crippen LogP contribution is 2.32. The fraction of sp³-hybridized carbons (Fsp3) is 0.929. The topological polar surface area (TPSA) is 50.4 Å². The zero-order chi connectivity index (χ0) is 13.8. The summed E-state index contributed by atoms with van der Waals surface area (Å²) in [5, 5.41) is 6.27. The Morgan fingerprint density at radius 3 is 2.28 bits per heavy atom. The quantitative estimate of drug-likeness (QED) is 0.816. The SMILES string of the molecule is CC(C)(C)OC(=O)NCC(C)(C)C1CCNCC1. The largest absolute Gasteiger partial charge is 0.444 e. The third-order valence-electron chi connectivity index (χ3n) is 3.53. The van der Waals surface area contributed by atoms with Gasteiger partial charge >= 0.3 is 6.09 Å². The average Bonchev–Trinajstić information content (AvgIpc) is 2.26. The number of carbonyl (C=O) groups is 1. The van der Waals surface area contributed by atoms with E-state index in [1.54, 1.807) is 0 Å². The molecule has 4 nitrogen and oxygen atoms in total. The van der Waals surface area contributed by atoms with Crippen LogP contribution in [0.5, 0.6) is 0 Å². The number of ether oxygens (including phenoxy) is 1. The summed E-state index contributed by atoms with van der Waals surface area (Å²) < 4.78 is 5.26. The molecule has 0 bridgehead atoms. The number of amides is 1. The second-order valence-electron chi connectivity index (χ2n) is 6.87. The molecule has 0 aromatic carbocycles. The predicted molar refractivity (Wildman–Crippen MR) is 73.6 cm³/mol. The normalized spacial score (nSPS) is 18.5. The third-order valence-corrected chi connectivity index (χ3v) is 3.53. The van der Waals surface area contributed by atoms with Crippen molar-refractivity contribution in [3.8, 4) is 0 Å². The molecule has 0 aliphatic carbocycles. The smallest absolute Gasteiger partial charge is 0.407 e. The Bertz CT molecular complexity index is 276. The minimum Gasteiger partial charge on any atom is -0.444 e. The summed E-state index contributed by atoms with van der Waals surface area (Å²) in [4.78, 5) is 11.6. The molecule has 1 aliphatic rings. The van der Waals surface area contributed by atoms with Crippen molar-refractivity contribution >= 4 is 6.09 Å². The molecule has 0 atom stereocenters. The van der Waals surface area contributed by atoms with Gasteiger partial charge in [-0.25, -0.2) is 4.79 Å². The van der Waals surface area contributed by atoms with Gasteiger partial charge in [-0.1, -0.05) is 13.8 Å². The van der Waals surface area contributed by atoms with Gasteiger partial charge in [-0.15, -0.1) is 0 Å². The van der Waals surface area contributed by atoms with E-state index in [1.807, 2.05) is 20.8 Å². The highest BCUT2D eigenvalue weighted by molar-refractivity contribution is 5.67. The number of alkyl carbamates (subject to hydrolysis) is 1. The third kappa shape index (κ3) is 5.25. The molecular weight excluding hydrogens is 228 g/mol. The standard InChI is InChI=1S/C14H28N2O2/c1-13(2,3)18-12(17)16-10-14(4,5)11-6-8-15-9-7-11/h11,15H,6-10H2,1-5H3,(H,16,17). The fourth-order valence-corrected chi connectivity index (χ4v) is 2.36. The van der Waals surface area contributed by atoms with E-state index in [0.717, 1.165) is 13.1 Å². The lowest BCUT2D eigenvalue weighted by Crippen LogP contribution is -2.44. The lowest BCUT2D eigenvalue weighted by Gasteiger charge is -2.37. The van der Waals surface area contributed by atoms with E-state index in [-0.39, 0.29) is 11.5 Å². The van der Waals surface area contributed by atoms with Gasteiger partial charge in [0.05, 0.1) is 0 Å². The first-order valence-corrected chi connectivity index (χ1v) is 6.88. The molecule has 1 saturated heterocycles. The van der Waals surface area contributed by atoms with Crippen molar-refractivity contribution in [1.82, 2.24) is 10.6 Å². The van der Waals surface area contributed by atoms with E-state index in [4.69, 9.17) is 4.74 Å². The van der Waals surface area contributed by atoms with Crippen molar-refractivity contribution in [2.75, 3.05) is 19.6 Å². The van der Waals surface area contributed by atoms with E-state index in [2.05, 4.69) is 24.5 Å². The number of rotatable bonds is 3. The first kappa shape index (κ1) is 15.3. The maximum absolute atomic E-state index is 11.6. The van der Waals surface area contributed by atoms with Crippen LogP contribution in [0.2, 0.25) is 0 Å². The minimum absolute atomic E-state index is 0.124. The van der Waals surface area contributed by atoms with Crippen molar-refractivity contribution < 1.29 is 9.53 Å². The maximum Gasteiger partial charge on any atom is 0.407 e. The maximum atomic E-state index is 11.6. The van der Waals surface area contributed by atoms with Gasteiger partial charge in [0.2, 0.25) is 0 Å². The Labute approximate surface area is 111 Å². The summed E-state index contributed by atoms with van der Waals surface area (Å²) in [5.74, 6) is 0.661. The van der Waals surface area contributed by atoms with Gasteiger partial charge in [-0.2, -0.15) is 0 Å². The summed E-state index contributed by atoms with van der Waals surface area (Å²) in [6.07, 6.45) is 2.05. The van der Waals surface area contributed by atoms with Crippen LogP contribution in [0.3, 0.4) is 0 Å². The van der Waals surface area contributed by atoms with Crippen molar-refractivity contribution in [2.24, 2.45) is 11.3 Å². The zero-order valence-electron chi connectivity index (χ0n) is 12.4. The molecule has 0 unspecified atom stereocenters. The molecule has 18 heavy (non-hydrogen) atoms. The van der Waals surface area contributed by atoms with Crippen LogP contribution in [0.4, 0.5) is 4.79 Å². The van der Waals surface area contributed by atoms with Gasteiger partial charge in [0.15, 0.2) is 0 Å². The lowest BCUT2D eigenvalue weighted by molar-refractivity contribution is 0.0480. The van der Waals surface area contributed by atoms with Crippen molar-refractivity contribution in [2.45, 2.75) is 53.1 Å². The van der Waals surface area contributed by atoms with E-state index >= 15 is 0 Å². The summed E-state index contributed by atoms with van der Waals surface area (Å²) in [6, 6.07) is 0. The number of nitrogens with one attached hydrogen (secondary N) is 2. The Hall–Kier alpha value is -0.770. The van der Waals surface area contributed by atoms with Crippen LogP contribution in [-0.4, -0.2) is 31.3 Å². The number of piperidine rings is 1. The molecular formula is C14H28N2O2. The summed E-state index contributed by atoms with van der Waals surface area (Å²) in [6.45, 7) is 12.9. The van der Waals surface area contributed by atoms with Crippen LogP contribution in [0.1, 0.15) is 47.5 Å². The van der Waals surface area contributed by atoms with Crippen molar-refractivity contribution in [3.05, 3.63) is 0 Å². The molecule has 1 heterocycles. The van der Waals surface area contributed by atoms with Gasteiger partial charge in [0, 0.05) is 6.54 Å². The molecule has 0 radical (unpaired) electrons. The molecule has 1 fully saturated rings. The van der Waals surface area contributed by atoms with Crippen LogP contribution in [-0.2, 0) is 4.74 Å². The summed E-state index contributed by atoms with van der Waals surface area (Å²) in [7, 11) is 0. The molecule has 4 heteroatoms. The number of hydrogen-bond donors (Lipinski definition) is 2. The van der Waals surface area contributed by atoms with Crippen LogP contribution >= 0.6 is 0 Å². The number of hydrogen-bond acceptors (Lipinski definition) is 3. The molecule has 0 aromatic rings. The molecule has 1 aliphatic heterocycles. The molecule has 0 spiro atoms. The van der Waals surface area contributed by atoms with Gasteiger partial charge < -0.3 is 15.4 Å². The van der Waals surface area contributed by atoms with Gasteiger partial charge in [0.1, 0.15) is 5.60 Å². The van der Waals surface area contributed by atoms with E-state index in [0.29, 0.717) is 12.5 Å². The van der Waals surface area contributed by atoms with Crippen LogP contribution in [0.15, 0.2) is 0 Å². The van der Waals surface area contributed by atoms with Gasteiger partial charge in [0.25, 0.3) is 0 Å². The Balaban J connectivity index is 2.38. The summed E-state index contributed by atoms with van der Waals surface area (Å²) >= 11 is 0. The zero-order valence-corrected chi connectivity index (χ0v) is 12.4. The monoisotopic (exact) mass is 256 g/mol. The first-order chi connectivity index (χ1) is 8.21. The van der Waals surface area contributed by atoms with E-state index in [1.165, 1.54) is 12.8 Å². The second kappa shape index (κ2) is 5.91. The molecule has 0 saturated carbocycles. The molecule has 1 rings (SSSR count). The van der Waals surface area contributed by atoms with E-state index in [9.17, 15) is 4.79 Å². The molecule has 1 amide bonds. The van der Waals surface area contributed by atoms with Crippen molar-refractivity contribution in [1.29, 1.82) is 0 Å². The first-order valence-electron chi connectivity index (χ1n) is 6.88. The lowest BCUT2D eigenvalue weighted by atomic mass is 9.74. The molecule has 0 aromatic heterocycles. The van der Waals surface area contributed by atoms with Crippen LogP contribution in [0, 0.1) is 11.3 Å². The molecule has 106 valence electrons. The van der Waals surface area contributed by atoms with Crippen LogP contribution < -0.4 is 10.6 Å². The highest BCUT2D eigenvalue weighted by Gasteiger charge is 2.31. The summed E-state index contributed by atoms with van der Waals surface area (Å²) in [5.41, 5.74) is -0.304. The number of carbonyl (C=O) groups excluding carboxylic acids is 1. The Morgan fingerprint density at radius 2 is 1.78 bits per heavy atom. The molecule has 2 N–H and O–H groups in total. The highest BCUT2D eigenvalue weighted by atomic mass is 16.6. The van der Waals surface area contributed by atoms with E-state index < -0.39 is 5.60 Å². The van der Waals surface area contributed by atoms with Crippen molar-refractivity contribution in [3.63, 3.8) is 0 Å². The van der Waals surface area contributed by atoms with Gasteiger partial charge in [-0.3, -0.25) is 0 Å². The van der Waals surface area contributed by atoms with Gasteiger partial charge in [-0.05, 0) is 58.0 Å². The second-order valence-corrected chi connectivity index (χ2v) is 6.87. The fourth-order valence-electron chi connectivity index (χ4n) is 2.36. The van der Waals surface area contributed by atoms with Crippen LogP contribution in [0.25, 0.3) is 0 Å².